The molecule has 0 aliphatic carbocycles. The van der Waals surface area contributed by atoms with Gasteiger partial charge in [-0.25, -0.2) is 10.2 Å². The van der Waals surface area contributed by atoms with Gasteiger partial charge in [-0.3, -0.25) is 10.2 Å². The normalized spacial score (nSPS) is 11.2. The van der Waals surface area contributed by atoms with Crippen LogP contribution in [0.2, 0.25) is 5.02 Å². The number of carbonyl (C=O) groups excluding carboxylic acids is 1. The first-order chi connectivity index (χ1) is 8.27. The Morgan fingerprint density at radius 2 is 2.22 bits per heavy atom. The van der Waals surface area contributed by atoms with Gasteiger partial charge >= 0.3 is 0 Å². The Morgan fingerprint density at radius 3 is 2.78 bits per heavy atom. The summed E-state index contributed by atoms with van der Waals surface area (Å²) in [5, 5.41) is -0.00631. The smallest absolute Gasteiger partial charge is 0.242 e. The van der Waals surface area contributed by atoms with Crippen LogP contribution < -0.4 is 16.0 Å². The minimum absolute atomic E-state index is 0.00631. The zero-order chi connectivity index (χ0) is 13.9. The Bertz CT molecular complexity index is 469. The molecule has 0 unspecified atom stereocenters. The van der Waals surface area contributed by atoms with E-state index in [9.17, 15) is 9.18 Å². The maximum atomic E-state index is 13.3. The van der Waals surface area contributed by atoms with E-state index in [-0.39, 0.29) is 23.3 Å². The SMILES string of the molecule is CC(C)(COc1cc(F)c(Cl)cc1Br)C(=O)NN. The number of nitrogens with one attached hydrogen (secondary N) is 1. The summed E-state index contributed by atoms with van der Waals surface area (Å²) in [5.41, 5.74) is 1.22. The number of hydrazine groups is 1. The van der Waals surface area contributed by atoms with Gasteiger partial charge in [0.15, 0.2) is 0 Å². The molecule has 4 nitrogen and oxygen atoms in total. The molecule has 7 heteroatoms. The van der Waals surface area contributed by atoms with Crippen molar-refractivity contribution in [3.05, 3.63) is 27.4 Å². The molecule has 1 amide bonds. The van der Waals surface area contributed by atoms with Crippen LogP contribution in [0.15, 0.2) is 16.6 Å². The molecule has 0 aliphatic rings. The molecule has 1 aromatic rings. The maximum absolute atomic E-state index is 13.3. The predicted molar refractivity (Wildman–Crippen MR) is 70.7 cm³/mol. The summed E-state index contributed by atoms with van der Waals surface area (Å²) in [4.78, 5) is 11.4. The van der Waals surface area contributed by atoms with Gasteiger partial charge in [-0.1, -0.05) is 11.6 Å². The molecule has 0 aliphatic heterocycles. The second-order valence-electron chi connectivity index (χ2n) is 4.34. The van der Waals surface area contributed by atoms with Gasteiger partial charge in [-0.2, -0.15) is 0 Å². The van der Waals surface area contributed by atoms with Crippen LogP contribution in [0.4, 0.5) is 4.39 Å². The van der Waals surface area contributed by atoms with E-state index in [1.807, 2.05) is 0 Å². The summed E-state index contributed by atoms with van der Waals surface area (Å²) in [5.74, 6) is 4.38. The number of benzene rings is 1. The number of nitrogens with two attached hydrogens (primary N) is 1. The minimum Gasteiger partial charge on any atom is -0.491 e. The number of hydrogen-bond donors (Lipinski definition) is 2. The van der Waals surface area contributed by atoms with Crippen molar-refractivity contribution in [3.8, 4) is 5.75 Å². The molecule has 0 aromatic heterocycles. The van der Waals surface area contributed by atoms with Crippen LogP contribution in [0.3, 0.4) is 0 Å². The van der Waals surface area contributed by atoms with Gasteiger partial charge in [0.1, 0.15) is 18.2 Å². The van der Waals surface area contributed by atoms with Crippen LogP contribution >= 0.6 is 27.5 Å². The molecule has 1 rings (SSSR count). The van der Waals surface area contributed by atoms with Gasteiger partial charge in [0.25, 0.3) is 0 Å². The molecule has 0 atom stereocenters. The topological polar surface area (TPSA) is 64.3 Å². The van der Waals surface area contributed by atoms with Crippen molar-refractivity contribution in [1.82, 2.24) is 5.43 Å². The van der Waals surface area contributed by atoms with Gasteiger partial charge in [0.05, 0.1) is 14.9 Å². The number of rotatable bonds is 4. The average Bonchev–Trinajstić information content (AvgIpc) is 2.31. The third-order valence-corrected chi connectivity index (χ3v) is 3.22. The molecule has 100 valence electrons. The standard InChI is InChI=1S/C11H13BrClFN2O2/c1-11(2,10(17)16-15)5-18-9-4-8(14)7(13)3-6(9)12/h3-4H,5,15H2,1-2H3,(H,16,17). The van der Waals surface area contributed by atoms with Gasteiger partial charge < -0.3 is 4.74 Å². The summed E-state index contributed by atoms with van der Waals surface area (Å²) in [6.45, 7) is 3.38. The summed E-state index contributed by atoms with van der Waals surface area (Å²) >= 11 is 8.81. The van der Waals surface area contributed by atoms with Crippen molar-refractivity contribution in [3.63, 3.8) is 0 Å². The van der Waals surface area contributed by atoms with Crippen LogP contribution in [0.1, 0.15) is 13.8 Å². The zero-order valence-electron chi connectivity index (χ0n) is 9.89. The molecule has 0 bridgehead atoms. The highest BCUT2D eigenvalue weighted by Gasteiger charge is 2.28. The summed E-state index contributed by atoms with van der Waals surface area (Å²) in [6, 6.07) is 2.55. The Balaban J connectivity index is 2.81. The lowest BCUT2D eigenvalue weighted by atomic mass is 9.94. The van der Waals surface area contributed by atoms with E-state index in [4.69, 9.17) is 22.2 Å². The van der Waals surface area contributed by atoms with Crippen LogP contribution in [-0.4, -0.2) is 12.5 Å². The van der Waals surface area contributed by atoms with Gasteiger partial charge in [0.2, 0.25) is 5.91 Å². The van der Waals surface area contributed by atoms with E-state index in [2.05, 4.69) is 21.4 Å². The van der Waals surface area contributed by atoms with E-state index in [1.54, 1.807) is 13.8 Å². The molecule has 18 heavy (non-hydrogen) atoms. The van der Waals surface area contributed by atoms with Gasteiger partial charge in [0, 0.05) is 6.07 Å². The average molecular weight is 340 g/mol. The lowest BCUT2D eigenvalue weighted by Crippen LogP contribution is -2.44. The third-order valence-electron chi connectivity index (χ3n) is 2.31. The van der Waals surface area contributed by atoms with Crippen molar-refractivity contribution in [1.29, 1.82) is 0 Å². The fourth-order valence-corrected chi connectivity index (χ4v) is 1.89. The van der Waals surface area contributed by atoms with Gasteiger partial charge in [-0.15, -0.1) is 0 Å². The summed E-state index contributed by atoms with van der Waals surface area (Å²) < 4.78 is 19.2. The molecule has 0 saturated heterocycles. The molecular weight excluding hydrogens is 326 g/mol. The number of amides is 1. The fourth-order valence-electron chi connectivity index (χ4n) is 1.13. The molecule has 1 aromatic carbocycles. The Kier molecular flexibility index (Phi) is 4.95. The summed E-state index contributed by atoms with van der Waals surface area (Å²) in [6.07, 6.45) is 0. The van der Waals surface area contributed by atoms with E-state index < -0.39 is 11.2 Å². The Hall–Kier alpha value is -0.850. The number of carbonyl (C=O) groups is 1. The van der Waals surface area contributed by atoms with Crippen molar-refractivity contribution in [2.24, 2.45) is 11.3 Å². The molecule has 0 saturated carbocycles. The van der Waals surface area contributed by atoms with Crippen LogP contribution in [0.5, 0.6) is 5.75 Å². The zero-order valence-corrected chi connectivity index (χ0v) is 12.2. The van der Waals surface area contributed by atoms with E-state index in [0.717, 1.165) is 6.07 Å². The third kappa shape index (κ3) is 3.57. The van der Waals surface area contributed by atoms with Crippen LogP contribution in [0.25, 0.3) is 0 Å². The van der Waals surface area contributed by atoms with E-state index in [1.165, 1.54) is 6.07 Å². The predicted octanol–water partition coefficient (Wildman–Crippen LogP) is 2.64. The molecule has 0 spiro atoms. The fraction of sp³-hybridized carbons (Fsp3) is 0.364. The first-order valence-electron chi connectivity index (χ1n) is 5.06. The highest BCUT2D eigenvalue weighted by Crippen LogP contribution is 2.31. The van der Waals surface area contributed by atoms with E-state index >= 15 is 0 Å². The van der Waals surface area contributed by atoms with E-state index in [0.29, 0.717) is 4.47 Å². The highest BCUT2D eigenvalue weighted by molar-refractivity contribution is 9.10. The molecule has 0 heterocycles. The van der Waals surface area contributed by atoms with Gasteiger partial charge in [-0.05, 0) is 35.8 Å². The second kappa shape index (κ2) is 5.86. The van der Waals surface area contributed by atoms with Crippen LogP contribution in [0, 0.1) is 11.2 Å². The monoisotopic (exact) mass is 338 g/mol. The lowest BCUT2D eigenvalue weighted by molar-refractivity contribution is -0.130. The largest absolute Gasteiger partial charge is 0.491 e. The lowest BCUT2D eigenvalue weighted by Gasteiger charge is -2.22. The molecule has 3 N–H and O–H groups in total. The van der Waals surface area contributed by atoms with Crippen molar-refractivity contribution >= 4 is 33.4 Å². The summed E-state index contributed by atoms with van der Waals surface area (Å²) in [7, 11) is 0. The maximum Gasteiger partial charge on any atom is 0.242 e. The molecule has 0 fully saturated rings. The Labute approximate surface area is 118 Å². The number of ether oxygens (including phenoxy) is 1. The van der Waals surface area contributed by atoms with Crippen molar-refractivity contribution < 1.29 is 13.9 Å². The number of hydrogen-bond acceptors (Lipinski definition) is 3. The van der Waals surface area contributed by atoms with Crippen molar-refractivity contribution in [2.75, 3.05) is 6.61 Å². The first-order valence-corrected chi connectivity index (χ1v) is 6.23. The molecule has 0 radical (unpaired) electrons. The van der Waals surface area contributed by atoms with Crippen LogP contribution in [-0.2, 0) is 4.79 Å². The molecular formula is C11H13BrClFN2O2. The number of halogens is 3. The minimum atomic E-state index is -0.829. The first kappa shape index (κ1) is 15.2. The Morgan fingerprint density at radius 1 is 1.61 bits per heavy atom. The quantitative estimate of drug-likeness (QED) is 0.384. The highest BCUT2D eigenvalue weighted by atomic mass is 79.9. The second-order valence-corrected chi connectivity index (χ2v) is 5.60. The van der Waals surface area contributed by atoms with Crippen molar-refractivity contribution in [2.45, 2.75) is 13.8 Å².